The third-order valence-electron chi connectivity index (χ3n) is 6.63. The number of rotatable bonds is 6. The maximum Gasteiger partial charge on any atom is 0.289 e. The molecule has 1 saturated heterocycles. The first-order chi connectivity index (χ1) is 18.3. The molecule has 0 atom stereocenters. The Balaban J connectivity index is 1.29. The molecular weight excluding hydrogens is 498 g/mol. The van der Waals surface area contributed by atoms with E-state index in [1.807, 2.05) is 34.9 Å². The van der Waals surface area contributed by atoms with E-state index in [1.54, 1.807) is 21.9 Å². The highest BCUT2D eigenvalue weighted by atomic mass is 32.2. The summed E-state index contributed by atoms with van der Waals surface area (Å²) in [5.41, 5.74) is 3.21. The first kappa shape index (κ1) is 25.8. The number of hydrogen-bond acceptors (Lipinski definition) is 6. The third kappa shape index (κ3) is 5.52. The van der Waals surface area contributed by atoms with Crippen molar-refractivity contribution in [1.82, 2.24) is 24.6 Å². The first-order valence-corrected chi connectivity index (χ1v) is 13.6. The molecule has 9 heteroatoms. The van der Waals surface area contributed by atoms with Gasteiger partial charge < -0.3 is 14.2 Å². The van der Waals surface area contributed by atoms with Crippen LogP contribution in [0, 0.1) is 0 Å². The normalized spacial score (nSPS) is 14.1. The quantitative estimate of drug-likeness (QED) is 0.330. The van der Waals surface area contributed by atoms with Crippen LogP contribution in [0.1, 0.15) is 36.9 Å². The molecule has 5 rings (SSSR count). The van der Waals surface area contributed by atoms with Gasteiger partial charge in [0.1, 0.15) is 0 Å². The smallest absolute Gasteiger partial charge is 0.289 e. The van der Waals surface area contributed by atoms with Crippen LogP contribution in [0.4, 0.5) is 0 Å². The molecule has 1 aliphatic rings. The van der Waals surface area contributed by atoms with E-state index in [2.05, 4.69) is 55.2 Å². The van der Waals surface area contributed by atoms with Crippen LogP contribution in [0.2, 0.25) is 0 Å². The Kier molecular flexibility index (Phi) is 7.37. The van der Waals surface area contributed by atoms with Gasteiger partial charge in [0.05, 0.1) is 12.0 Å². The highest BCUT2D eigenvalue weighted by Crippen LogP contribution is 2.30. The van der Waals surface area contributed by atoms with Crippen molar-refractivity contribution in [2.45, 2.75) is 31.3 Å². The molecule has 2 aromatic heterocycles. The van der Waals surface area contributed by atoms with E-state index in [4.69, 9.17) is 4.42 Å². The summed E-state index contributed by atoms with van der Waals surface area (Å²) in [6, 6.07) is 21.7. The van der Waals surface area contributed by atoms with E-state index in [1.165, 1.54) is 23.6 Å². The Labute approximate surface area is 226 Å². The summed E-state index contributed by atoms with van der Waals surface area (Å²) in [6.45, 7) is 8.51. The largest absolute Gasteiger partial charge is 0.459 e. The van der Waals surface area contributed by atoms with E-state index in [9.17, 15) is 9.59 Å². The van der Waals surface area contributed by atoms with Crippen LogP contribution < -0.4 is 0 Å². The molecule has 8 nitrogen and oxygen atoms in total. The number of furan rings is 1. The first-order valence-electron chi connectivity index (χ1n) is 12.7. The van der Waals surface area contributed by atoms with Gasteiger partial charge >= 0.3 is 0 Å². The minimum absolute atomic E-state index is 0.0128. The number of amides is 2. The van der Waals surface area contributed by atoms with Gasteiger partial charge in [0.25, 0.3) is 5.91 Å². The molecule has 4 aromatic rings. The third-order valence-corrected chi connectivity index (χ3v) is 7.55. The molecule has 0 aliphatic carbocycles. The topological polar surface area (TPSA) is 84.5 Å². The molecule has 0 spiro atoms. The molecule has 0 N–H and O–H groups in total. The van der Waals surface area contributed by atoms with Crippen molar-refractivity contribution >= 4 is 23.6 Å². The standard InChI is InChI=1S/C29H31N5O3S/c1-29(2,3)22-13-11-21(12-14-22)26-30-31-28(34(26)23-8-5-4-6-9-23)38-20-25(35)32-15-17-33(18-16-32)27(36)24-10-7-19-37-24/h4-14,19H,15-18,20H2,1-3H3. The molecule has 2 amide bonds. The van der Waals surface area contributed by atoms with E-state index < -0.39 is 0 Å². The molecular formula is C29H31N5O3S. The van der Waals surface area contributed by atoms with Crippen molar-refractivity contribution in [2.24, 2.45) is 0 Å². The van der Waals surface area contributed by atoms with Gasteiger partial charge in [0.15, 0.2) is 16.7 Å². The Morgan fingerprint density at radius 2 is 1.55 bits per heavy atom. The lowest BCUT2D eigenvalue weighted by molar-refractivity contribution is -0.129. The van der Waals surface area contributed by atoms with Crippen LogP contribution in [0.25, 0.3) is 17.1 Å². The van der Waals surface area contributed by atoms with E-state index in [-0.39, 0.29) is 23.0 Å². The van der Waals surface area contributed by atoms with Crippen molar-refractivity contribution < 1.29 is 14.0 Å². The molecule has 1 fully saturated rings. The number of para-hydroxylation sites is 1. The van der Waals surface area contributed by atoms with Gasteiger partial charge in [-0.2, -0.15) is 0 Å². The second kappa shape index (κ2) is 10.9. The second-order valence-corrected chi connectivity index (χ2v) is 11.2. The van der Waals surface area contributed by atoms with Gasteiger partial charge in [0.2, 0.25) is 5.91 Å². The van der Waals surface area contributed by atoms with Crippen molar-refractivity contribution in [3.63, 3.8) is 0 Å². The van der Waals surface area contributed by atoms with Crippen molar-refractivity contribution in [2.75, 3.05) is 31.9 Å². The number of benzene rings is 2. The minimum Gasteiger partial charge on any atom is -0.459 e. The summed E-state index contributed by atoms with van der Waals surface area (Å²) in [7, 11) is 0. The predicted molar refractivity (Wildman–Crippen MR) is 147 cm³/mol. The minimum atomic E-state index is -0.143. The average Bonchev–Trinajstić information content (AvgIpc) is 3.62. The van der Waals surface area contributed by atoms with Crippen molar-refractivity contribution in [3.05, 3.63) is 84.3 Å². The SMILES string of the molecule is CC(C)(C)c1ccc(-c2nnc(SCC(=O)N3CCN(C(=O)c4ccco4)CC3)n2-c2ccccc2)cc1. The average molecular weight is 530 g/mol. The second-order valence-electron chi connectivity index (χ2n) is 10.2. The molecule has 0 saturated carbocycles. The van der Waals surface area contributed by atoms with Crippen LogP contribution in [0.15, 0.2) is 82.6 Å². The maximum absolute atomic E-state index is 13.1. The van der Waals surface area contributed by atoms with Gasteiger partial charge in [-0.25, -0.2) is 0 Å². The Morgan fingerprint density at radius 3 is 2.18 bits per heavy atom. The highest BCUT2D eigenvalue weighted by molar-refractivity contribution is 7.99. The Morgan fingerprint density at radius 1 is 0.868 bits per heavy atom. The molecule has 2 aromatic carbocycles. The molecule has 0 unspecified atom stereocenters. The number of carbonyl (C=O) groups excluding carboxylic acids is 2. The number of aromatic nitrogens is 3. The molecule has 3 heterocycles. The fraction of sp³-hybridized carbons (Fsp3) is 0.310. The van der Waals surface area contributed by atoms with Crippen molar-refractivity contribution in [3.8, 4) is 17.1 Å². The van der Waals surface area contributed by atoms with Gasteiger partial charge in [0, 0.05) is 37.4 Å². The Bertz CT molecular complexity index is 1380. The summed E-state index contributed by atoms with van der Waals surface area (Å²) < 4.78 is 7.23. The number of hydrogen-bond donors (Lipinski definition) is 0. The van der Waals surface area contributed by atoms with Gasteiger partial charge in [-0.15, -0.1) is 10.2 Å². The molecule has 38 heavy (non-hydrogen) atoms. The summed E-state index contributed by atoms with van der Waals surface area (Å²) in [4.78, 5) is 29.1. The lowest BCUT2D eigenvalue weighted by Crippen LogP contribution is -2.51. The summed E-state index contributed by atoms with van der Waals surface area (Å²) in [5.74, 6) is 1.16. The van der Waals surface area contributed by atoms with Crippen LogP contribution in [-0.2, 0) is 10.2 Å². The lowest BCUT2D eigenvalue weighted by atomic mass is 9.87. The van der Waals surface area contributed by atoms with Crippen molar-refractivity contribution in [1.29, 1.82) is 0 Å². The van der Waals surface area contributed by atoms with Crippen LogP contribution in [0.3, 0.4) is 0 Å². The monoisotopic (exact) mass is 529 g/mol. The zero-order valence-electron chi connectivity index (χ0n) is 21.8. The van der Waals surface area contributed by atoms with Gasteiger partial charge in [-0.1, -0.05) is 75.0 Å². The number of carbonyl (C=O) groups is 2. The number of thioether (sulfide) groups is 1. The summed E-state index contributed by atoms with van der Waals surface area (Å²) in [6.07, 6.45) is 1.49. The van der Waals surface area contributed by atoms with Gasteiger partial charge in [-0.05, 0) is 35.2 Å². The highest BCUT2D eigenvalue weighted by Gasteiger charge is 2.27. The zero-order valence-corrected chi connectivity index (χ0v) is 22.6. The predicted octanol–water partition coefficient (Wildman–Crippen LogP) is 4.90. The van der Waals surface area contributed by atoms with E-state index in [0.717, 1.165) is 17.1 Å². The zero-order chi connectivity index (χ0) is 26.7. The lowest BCUT2D eigenvalue weighted by Gasteiger charge is -2.34. The van der Waals surface area contributed by atoms with Crippen LogP contribution >= 0.6 is 11.8 Å². The number of nitrogens with zero attached hydrogens (tertiary/aromatic N) is 5. The van der Waals surface area contributed by atoms with Crippen LogP contribution in [-0.4, -0.2) is 68.3 Å². The molecule has 0 bridgehead atoms. The maximum atomic E-state index is 13.1. The fourth-order valence-corrected chi connectivity index (χ4v) is 5.27. The van der Waals surface area contributed by atoms with E-state index in [0.29, 0.717) is 37.1 Å². The van der Waals surface area contributed by atoms with Crippen LogP contribution in [0.5, 0.6) is 0 Å². The van der Waals surface area contributed by atoms with Gasteiger partial charge in [-0.3, -0.25) is 14.2 Å². The summed E-state index contributed by atoms with van der Waals surface area (Å²) >= 11 is 1.37. The fourth-order valence-electron chi connectivity index (χ4n) is 4.41. The van der Waals surface area contributed by atoms with E-state index >= 15 is 0 Å². The number of piperazine rings is 1. The molecule has 0 radical (unpaired) electrons. The molecule has 1 aliphatic heterocycles. The Hall–Kier alpha value is -3.85. The molecule has 196 valence electrons. The summed E-state index contributed by atoms with van der Waals surface area (Å²) in [5, 5.41) is 9.63.